The first-order valence-corrected chi connectivity index (χ1v) is 8.40. The number of hydrogen-bond donors (Lipinski definition) is 0. The van der Waals surface area contributed by atoms with Crippen molar-refractivity contribution in [1.29, 1.82) is 0 Å². The van der Waals surface area contributed by atoms with Crippen LogP contribution in [0.4, 0.5) is 0 Å². The van der Waals surface area contributed by atoms with Crippen LogP contribution in [-0.2, 0) is 6.61 Å². The standard InChI is InChI=1S/C19H22N2O4/c1-3-5-14-6-4-11-21(14)19(22)17-12-25-18(20-17)13-24-16-9-7-15(23-2)8-10-16/h4,6-10,12,14H,3,5,11,13H2,1-2H3/t14-/m1/s1. The zero-order valence-corrected chi connectivity index (χ0v) is 14.5. The summed E-state index contributed by atoms with van der Waals surface area (Å²) in [4.78, 5) is 18.7. The molecule has 0 unspecified atom stereocenters. The highest BCUT2D eigenvalue weighted by Gasteiger charge is 2.27. The lowest BCUT2D eigenvalue weighted by molar-refractivity contribution is 0.0738. The lowest BCUT2D eigenvalue weighted by atomic mass is 10.1. The van der Waals surface area contributed by atoms with Crippen LogP contribution in [0.5, 0.6) is 11.5 Å². The van der Waals surface area contributed by atoms with E-state index in [-0.39, 0.29) is 18.6 Å². The number of carbonyl (C=O) groups excluding carboxylic acids is 1. The zero-order valence-electron chi connectivity index (χ0n) is 14.5. The maximum absolute atomic E-state index is 12.6. The van der Waals surface area contributed by atoms with Crippen molar-refractivity contribution in [3.63, 3.8) is 0 Å². The minimum absolute atomic E-state index is 0.108. The number of methoxy groups -OCH3 is 1. The van der Waals surface area contributed by atoms with Crippen LogP contribution in [0.15, 0.2) is 47.1 Å². The van der Waals surface area contributed by atoms with Gasteiger partial charge in [0.2, 0.25) is 5.89 Å². The Bertz CT molecular complexity index is 736. The Labute approximate surface area is 147 Å². The molecule has 1 amide bonds. The third-order valence-corrected chi connectivity index (χ3v) is 4.10. The molecule has 1 atom stereocenters. The van der Waals surface area contributed by atoms with Crippen LogP contribution >= 0.6 is 0 Å². The second-order valence-electron chi connectivity index (χ2n) is 5.83. The molecule has 1 aromatic carbocycles. The number of rotatable bonds is 7. The minimum Gasteiger partial charge on any atom is -0.497 e. The van der Waals surface area contributed by atoms with Gasteiger partial charge in [-0.25, -0.2) is 4.98 Å². The van der Waals surface area contributed by atoms with Gasteiger partial charge in [0.25, 0.3) is 5.91 Å². The first kappa shape index (κ1) is 17.1. The van der Waals surface area contributed by atoms with Gasteiger partial charge in [-0.3, -0.25) is 4.79 Å². The highest BCUT2D eigenvalue weighted by atomic mass is 16.5. The molecule has 0 saturated heterocycles. The molecule has 2 aromatic rings. The summed E-state index contributed by atoms with van der Waals surface area (Å²) in [6.45, 7) is 2.89. The van der Waals surface area contributed by atoms with Crippen LogP contribution in [0, 0.1) is 0 Å². The van der Waals surface area contributed by atoms with Crippen LogP contribution in [0.2, 0.25) is 0 Å². The Morgan fingerprint density at radius 1 is 1.32 bits per heavy atom. The van der Waals surface area contributed by atoms with Crippen LogP contribution in [0.3, 0.4) is 0 Å². The van der Waals surface area contributed by atoms with E-state index in [2.05, 4.69) is 18.0 Å². The number of amides is 1. The van der Waals surface area contributed by atoms with Gasteiger partial charge in [0, 0.05) is 6.54 Å². The molecule has 0 bridgehead atoms. The van der Waals surface area contributed by atoms with Crippen molar-refractivity contribution in [2.24, 2.45) is 0 Å². The predicted molar refractivity (Wildman–Crippen MR) is 92.7 cm³/mol. The molecule has 0 aliphatic carbocycles. The van der Waals surface area contributed by atoms with Gasteiger partial charge in [0.15, 0.2) is 12.3 Å². The first-order valence-electron chi connectivity index (χ1n) is 8.40. The van der Waals surface area contributed by atoms with E-state index in [0.29, 0.717) is 23.9 Å². The quantitative estimate of drug-likeness (QED) is 0.721. The Hall–Kier alpha value is -2.76. The Kier molecular flexibility index (Phi) is 5.38. The lowest BCUT2D eigenvalue weighted by Crippen LogP contribution is -2.36. The van der Waals surface area contributed by atoms with Gasteiger partial charge in [-0.15, -0.1) is 0 Å². The largest absolute Gasteiger partial charge is 0.497 e. The van der Waals surface area contributed by atoms with Gasteiger partial charge in [-0.1, -0.05) is 25.5 Å². The van der Waals surface area contributed by atoms with Crippen molar-refractivity contribution in [3.8, 4) is 11.5 Å². The maximum Gasteiger partial charge on any atom is 0.276 e. The van der Waals surface area contributed by atoms with E-state index < -0.39 is 0 Å². The second-order valence-corrected chi connectivity index (χ2v) is 5.83. The summed E-state index contributed by atoms with van der Waals surface area (Å²) in [6.07, 6.45) is 7.48. The summed E-state index contributed by atoms with van der Waals surface area (Å²) in [5, 5.41) is 0. The van der Waals surface area contributed by atoms with E-state index in [1.165, 1.54) is 6.26 Å². The molecular weight excluding hydrogens is 320 g/mol. The molecule has 6 heteroatoms. The van der Waals surface area contributed by atoms with E-state index in [4.69, 9.17) is 13.9 Å². The van der Waals surface area contributed by atoms with Crippen molar-refractivity contribution in [2.75, 3.05) is 13.7 Å². The van der Waals surface area contributed by atoms with Crippen LogP contribution in [-0.4, -0.2) is 35.5 Å². The van der Waals surface area contributed by atoms with Crippen molar-refractivity contribution in [1.82, 2.24) is 9.88 Å². The molecule has 1 aromatic heterocycles. The van der Waals surface area contributed by atoms with Crippen molar-refractivity contribution >= 4 is 5.91 Å². The summed E-state index contributed by atoms with van der Waals surface area (Å²) in [5.74, 6) is 1.71. The summed E-state index contributed by atoms with van der Waals surface area (Å²) < 4.78 is 16.1. The van der Waals surface area contributed by atoms with E-state index in [1.807, 2.05) is 23.1 Å². The number of nitrogens with zero attached hydrogens (tertiary/aromatic N) is 2. The van der Waals surface area contributed by atoms with Gasteiger partial charge in [0.1, 0.15) is 17.8 Å². The smallest absolute Gasteiger partial charge is 0.276 e. The first-order chi connectivity index (χ1) is 12.2. The van der Waals surface area contributed by atoms with Crippen molar-refractivity contribution < 1.29 is 18.7 Å². The Morgan fingerprint density at radius 3 is 2.80 bits per heavy atom. The van der Waals surface area contributed by atoms with Gasteiger partial charge in [-0.2, -0.15) is 0 Å². The van der Waals surface area contributed by atoms with E-state index in [0.717, 1.165) is 18.6 Å². The molecule has 1 aliphatic rings. The molecule has 0 N–H and O–H groups in total. The molecule has 0 saturated carbocycles. The monoisotopic (exact) mass is 342 g/mol. The molecule has 0 fully saturated rings. The summed E-state index contributed by atoms with van der Waals surface area (Å²) in [5.41, 5.74) is 0.318. The fourth-order valence-electron chi connectivity index (χ4n) is 2.79. The minimum atomic E-state index is -0.108. The molecule has 25 heavy (non-hydrogen) atoms. The number of benzene rings is 1. The fourth-order valence-corrected chi connectivity index (χ4v) is 2.79. The van der Waals surface area contributed by atoms with Crippen LogP contribution < -0.4 is 9.47 Å². The van der Waals surface area contributed by atoms with Crippen LogP contribution in [0.25, 0.3) is 0 Å². The highest BCUT2D eigenvalue weighted by molar-refractivity contribution is 5.92. The van der Waals surface area contributed by atoms with Gasteiger partial charge in [0.05, 0.1) is 13.2 Å². The SMILES string of the molecule is CCC[C@@H]1C=CCN1C(=O)c1coc(COc2ccc(OC)cc2)n1. The zero-order chi connectivity index (χ0) is 17.6. The molecule has 0 radical (unpaired) electrons. The van der Waals surface area contributed by atoms with Gasteiger partial charge >= 0.3 is 0 Å². The van der Waals surface area contributed by atoms with Gasteiger partial charge < -0.3 is 18.8 Å². The Morgan fingerprint density at radius 2 is 2.08 bits per heavy atom. The number of oxazole rings is 1. The summed E-state index contributed by atoms with van der Waals surface area (Å²) >= 11 is 0. The van der Waals surface area contributed by atoms with Gasteiger partial charge in [-0.05, 0) is 30.7 Å². The van der Waals surface area contributed by atoms with Crippen molar-refractivity contribution in [3.05, 3.63) is 54.3 Å². The third-order valence-electron chi connectivity index (χ3n) is 4.10. The highest BCUT2D eigenvalue weighted by Crippen LogP contribution is 2.20. The van der Waals surface area contributed by atoms with Crippen LogP contribution in [0.1, 0.15) is 36.1 Å². The molecule has 132 valence electrons. The molecule has 0 spiro atoms. The maximum atomic E-state index is 12.6. The number of ether oxygens (including phenoxy) is 2. The van der Waals surface area contributed by atoms with E-state index >= 15 is 0 Å². The summed E-state index contributed by atoms with van der Waals surface area (Å²) in [6, 6.07) is 7.38. The average Bonchev–Trinajstić information content (AvgIpc) is 3.30. The van der Waals surface area contributed by atoms with E-state index in [1.54, 1.807) is 19.2 Å². The molecule has 1 aliphatic heterocycles. The van der Waals surface area contributed by atoms with Crippen molar-refractivity contribution in [2.45, 2.75) is 32.4 Å². The van der Waals surface area contributed by atoms with E-state index in [9.17, 15) is 4.79 Å². The number of carbonyl (C=O) groups is 1. The summed E-state index contributed by atoms with van der Waals surface area (Å²) in [7, 11) is 1.61. The predicted octanol–water partition coefficient (Wildman–Crippen LogP) is 3.44. The fraction of sp³-hybridized carbons (Fsp3) is 0.368. The second kappa shape index (κ2) is 7.88. The lowest BCUT2D eigenvalue weighted by Gasteiger charge is -2.23. The average molecular weight is 342 g/mol. The Balaban J connectivity index is 1.59. The molecule has 3 rings (SSSR count). The molecule has 2 heterocycles. The number of hydrogen-bond acceptors (Lipinski definition) is 5. The normalized spacial score (nSPS) is 16.2. The number of aromatic nitrogens is 1. The molecule has 6 nitrogen and oxygen atoms in total. The third kappa shape index (κ3) is 4.02. The molecular formula is C19H22N2O4. The topological polar surface area (TPSA) is 64.8 Å².